The molecule has 0 aliphatic carbocycles. The topological polar surface area (TPSA) is 93.7 Å². The monoisotopic (exact) mass is 312 g/mol. The molecule has 0 radical (unpaired) electrons. The van der Waals surface area contributed by atoms with Crippen LogP contribution in [0.5, 0.6) is 0 Å². The van der Waals surface area contributed by atoms with E-state index in [-0.39, 0.29) is 30.5 Å². The molecule has 3 rings (SSSR count). The Morgan fingerprint density at radius 3 is 2.86 bits per heavy atom. The van der Waals surface area contributed by atoms with Gasteiger partial charge in [-0.2, -0.15) is 0 Å². The quantitative estimate of drug-likeness (QED) is 0.841. The number of aryl methyl sites for hydroxylation is 1. The first kappa shape index (κ1) is 15.8. The predicted octanol–water partition coefficient (Wildman–Crippen LogP) is 0.0202. The van der Waals surface area contributed by atoms with Gasteiger partial charge in [-0.3, -0.25) is 0 Å². The van der Waals surface area contributed by atoms with E-state index >= 15 is 0 Å². The molecule has 8 heteroatoms. The lowest BCUT2D eigenvalue weighted by atomic mass is 9.91. The molecule has 2 aliphatic rings. The van der Waals surface area contributed by atoms with Crippen molar-refractivity contribution < 1.29 is 18.9 Å². The molecule has 0 unspecified atom stereocenters. The number of fused-ring (bicyclic) bond motifs is 1. The largest absolute Gasteiger partial charge is 0.376 e. The van der Waals surface area contributed by atoms with Gasteiger partial charge >= 0.3 is 0 Å². The van der Waals surface area contributed by atoms with Gasteiger partial charge in [-0.15, -0.1) is 5.10 Å². The van der Waals surface area contributed by atoms with Crippen molar-refractivity contribution in [2.75, 3.05) is 20.3 Å². The molecule has 5 atom stereocenters. The highest BCUT2D eigenvalue weighted by molar-refractivity contribution is 5.01. The Morgan fingerprint density at radius 1 is 1.50 bits per heavy atom. The summed E-state index contributed by atoms with van der Waals surface area (Å²) >= 11 is 0. The van der Waals surface area contributed by atoms with Crippen LogP contribution in [0.3, 0.4) is 0 Å². The highest BCUT2D eigenvalue weighted by Crippen LogP contribution is 2.38. The van der Waals surface area contributed by atoms with Crippen LogP contribution in [0.15, 0.2) is 6.20 Å². The van der Waals surface area contributed by atoms with Crippen molar-refractivity contribution in [3.8, 4) is 0 Å². The van der Waals surface area contributed by atoms with Crippen LogP contribution < -0.4 is 5.73 Å². The Hall–Kier alpha value is -1.06. The fraction of sp³-hybridized carbons (Fsp3) is 0.857. The Bertz CT molecular complexity index is 521. The average molecular weight is 312 g/mol. The molecule has 2 fully saturated rings. The summed E-state index contributed by atoms with van der Waals surface area (Å²) in [6, 6.07) is -0.165. The first-order valence-electron chi connectivity index (χ1n) is 7.53. The molecule has 0 spiro atoms. The number of methoxy groups -OCH3 is 1. The molecule has 124 valence electrons. The van der Waals surface area contributed by atoms with Crippen molar-refractivity contribution >= 4 is 0 Å². The van der Waals surface area contributed by atoms with Crippen LogP contribution in [-0.2, 0) is 18.9 Å². The van der Waals surface area contributed by atoms with Gasteiger partial charge < -0.3 is 24.7 Å². The maximum absolute atomic E-state index is 6.12. The standard InChI is InChI=1S/C14H24N4O4/c1-8-6-18(17-16-8)11-12(19-4)9(5-15)21-10-7-20-14(2,3)22-13(10)11/h6,9-13H,5,7,15H2,1-4H3/t9-,10-,11-,12+,13+/m1/s1. The molecule has 3 heterocycles. The number of aromatic nitrogens is 3. The van der Waals surface area contributed by atoms with Gasteiger partial charge in [0, 0.05) is 19.9 Å². The van der Waals surface area contributed by atoms with E-state index in [1.54, 1.807) is 11.8 Å². The molecule has 1 aromatic rings. The summed E-state index contributed by atoms with van der Waals surface area (Å²) in [4.78, 5) is 0. The molecular formula is C14H24N4O4. The van der Waals surface area contributed by atoms with Gasteiger partial charge in [0.25, 0.3) is 0 Å². The second-order valence-corrected chi connectivity index (χ2v) is 6.27. The lowest BCUT2D eigenvalue weighted by Crippen LogP contribution is -2.63. The van der Waals surface area contributed by atoms with Gasteiger partial charge in [-0.05, 0) is 20.8 Å². The van der Waals surface area contributed by atoms with Gasteiger partial charge in [0.2, 0.25) is 0 Å². The smallest absolute Gasteiger partial charge is 0.163 e. The minimum absolute atomic E-state index is 0.165. The average Bonchev–Trinajstić information content (AvgIpc) is 2.90. The fourth-order valence-electron chi connectivity index (χ4n) is 3.22. The molecule has 2 aliphatic heterocycles. The second-order valence-electron chi connectivity index (χ2n) is 6.27. The van der Waals surface area contributed by atoms with Gasteiger partial charge in [0.1, 0.15) is 24.4 Å². The minimum Gasteiger partial charge on any atom is -0.376 e. The number of nitrogens with two attached hydrogens (primary N) is 1. The number of ether oxygens (including phenoxy) is 4. The number of hydrogen-bond acceptors (Lipinski definition) is 7. The SMILES string of the molecule is CO[C@@H]1[C@@H](n2cc(C)nn2)[C@H]2OC(C)(C)OC[C@H]2O[C@@H]1CN. The van der Waals surface area contributed by atoms with E-state index in [0.717, 1.165) is 5.69 Å². The molecule has 22 heavy (non-hydrogen) atoms. The molecule has 0 amide bonds. The third kappa shape index (κ3) is 2.77. The van der Waals surface area contributed by atoms with E-state index in [9.17, 15) is 0 Å². The van der Waals surface area contributed by atoms with Crippen molar-refractivity contribution in [3.63, 3.8) is 0 Å². The third-order valence-electron chi connectivity index (χ3n) is 4.21. The zero-order chi connectivity index (χ0) is 15.9. The molecule has 2 N–H and O–H groups in total. The fourth-order valence-corrected chi connectivity index (χ4v) is 3.22. The van der Waals surface area contributed by atoms with Crippen molar-refractivity contribution in [1.29, 1.82) is 0 Å². The van der Waals surface area contributed by atoms with Gasteiger partial charge in [0.05, 0.1) is 18.4 Å². The first-order chi connectivity index (χ1) is 10.4. The van der Waals surface area contributed by atoms with Crippen LogP contribution in [0.1, 0.15) is 25.6 Å². The molecule has 8 nitrogen and oxygen atoms in total. The predicted molar refractivity (Wildman–Crippen MR) is 77.2 cm³/mol. The van der Waals surface area contributed by atoms with Crippen LogP contribution in [-0.4, -0.2) is 65.5 Å². The van der Waals surface area contributed by atoms with E-state index in [4.69, 9.17) is 24.7 Å². The molecule has 1 aromatic heterocycles. The van der Waals surface area contributed by atoms with Crippen LogP contribution in [0.4, 0.5) is 0 Å². The molecule has 0 aromatic carbocycles. The summed E-state index contributed by atoms with van der Waals surface area (Å²) in [7, 11) is 1.65. The van der Waals surface area contributed by atoms with Crippen molar-refractivity contribution in [2.24, 2.45) is 5.73 Å². The zero-order valence-electron chi connectivity index (χ0n) is 13.4. The lowest BCUT2D eigenvalue weighted by Gasteiger charge is -2.50. The van der Waals surface area contributed by atoms with Gasteiger partial charge in [-0.25, -0.2) is 4.68 Å². The molecular weight excluding hydrogens is 288 g/mol. The third-order valence-corrected chi connectivity index (χ3v) is 4.21. The Labute approximate surface area is 129 Å². The van der Waals surface area contributed by atoms with Crippen LogP contribution in [0, 0.1) is 6.92 Å². The van der Waals surface area contributed by atoms with Gasteiger partial charge in [0.15, 0.2) is 5.79 Å². The summed E-state index contributed by atoms with van der Waals surface area (Å²) in [6.07, 6.45) is 0.939. The summed E-state index contributed by atoms with van der Waals surface area (Å²) < 4.78 is 25.3. The van der Waals surface area contributed by atoms with Crippen molar-refractivity contribution in [1.82, 2.24) is 15.0 Å². The molecule has 0 saturated carbocycles. The number of rotatable bonds is 3. The van der Waals surface area contributed by atoms with Crippen molar-refractivity contribution in [3.05, 3.63) is 11.9 Å². The van der Waals surface area contributed by atoms with E-state index < -0.39 is 5.79 Å². The highest BCUT2D eigenvalue weighted by atomic mass is 16.7. The maximum Gasteiger partial charge on any atom is 0.163 e. The van der Waals surface area contributed by atoms with Crippen LogP contribution >= 0.6 is 0 Å². The Morgan fingerprint density at radius 2 is 2.27 bits per heavy atom. The van der Waals surface area contributed by atoms with E-state index in [1.165, 1.54) is 0 Å². The lowest BCUT2D eigenvalue weighted by molar-refractivity contribution is -0.348. The molecule has 2 saturated heterocycles. The van der Waals surface area contributed by atoms with Crippen molar-refractivity contribution in [2.45, 2.75) is 57.0 Å². The number of hydrogen-bond donors (Lipinski definition) is 1. The van der Waals surface area contributed by atoms with Crippen LogP contribution in [0.25, 0.3) is 0 Å². The normalized spacial score (nSPS) is 37.8. The summed E-state index contributed by atoms with van der Waals surface area (Å²) in [5.41, 5.74) is 6.70. The maximum atomic E-state index is 6.12. The summed E-state index contributed by atoms with van der Waals surface area (Å²) in [6.45, 7) is 6.49. The van der Waals surface area contributed by atoms with E-state index in [1.807, 2.05) is 27.0 Å². The Balaban J connectivity index is 1.97. The van der Waals surface area contributed by atoms with E-state index in [2.05, 4.69) is 10.3 Å². The summed E-state index contributed by atoms with van der Waals surface area (Å²) in [5.74, 6) is -0.674. The van der Waals surface area contributed by atoms with Gasteiger partial charge in [-0.1, -0.05) is 5.21 Å². The zero-order valence-corrected chi connectivity index (χ0v) is 13.4. The Kier molecular flexibility index (Phi) is 4.21. The summed E-state index contributed by atoms with van der Waals surface area (Å²) in [5, 5.41) is 8.30. The first-order valence-corrected chi connectivity index (χ1v) is 7.53. The molecule has 0 bridgehead atoms. The highest BCUT2D eigenvalue weighted by Gasteiger charge is 2.52. The van der Waals surface area contributed by atoms with Crippen LogP contribution in [0.2, 0.25) is 0 Å². The van der Waals surface area contributed by atoms with E-state index in [0.29, 0.717) is 13.2 Å². The number of nitrogens with zero attached hydrogens (tertiary/aromatic N) is 3. The second kappa shape index (κ2) is 5.86. The minimum atomic E-state index is -0.674.